The predicted octanol–water partition coefficient (Wildman–Crippen LogP) is 3.48. The van der Waals surface area contributed by atoms with E-state index in [1.165, 1.54) is 11.3 Å². The van der Waals surface area contributed by atoms with Gasteiger partial charge in [0.1, 0.15) is 4.88 Å². The number of hydrogen-bond donors (Lipinski definition) is 1. The molecule has 0 saturated carbocycles. The number of amides is 1. The van der Waals surface area contributed by atoms with Gasteiger partial charge in [0.25, 0.3) is 5.91 Å². The molecule has 1 saturated heterocycles. The fraction of sp³-hybridized carbons (Fsp3) is 0.733. The molecule has 0 bridgehead atoms. The van der Waals surface area contributed by atoms with Crippen LogP contribution in [0, 0.1) is 5.92 Å². The van der Waals surface area contributed by atoms with E-state index in [0.29, 0.717) is 5.92 Å². The van der Waals surface area contributed by atoms with Gasteiger partial charge in [0, 0.05) is 24.5 Å². The SMILES string of the molecule is CC(N)C1CCN(C(=O)c2scnc2C(C)(C)C)CC1.Cl.Cl. The third kappa shape index (κ3) is 4.82. The molecular formula is C15H27Cl2N3OS. The quantitative estimate of drug-likeness (QED) is 0.869. The highest BCUT2D eigenvalue weighted by Gasteiger charge is 2.30. The molecule has 0 radical (unpaired) electrons. The largest absolute Gasteiger partial charge is 0.338 e. The summed E-state index contributed by atoms with van der Waals surface area (Å²) >= 11 is 1.46. The first-order chi connectivity index (χ1) is 9.30. The van der Waals surface area contributed by atoms with Crippen LogP contribution in [0.4, 0.5) is 0 Å². The molecule has 128 valence electrons. The summed E-state index contributed by atoms with van der Waals surface area (Å²) in [6.45, 7) is 9.98. The van der Waals surface area contributed by atoms with Crippen LogP contribution in [0.15, 0.2) is 5.51 Å². The lowest BCUT2D eigenvalue weighted by Crippen LogP contribution is -2.42. The van der Waals surface area contributed by atoms with Crippen molar-refractivity contribution in [1.82, 2.24) is 9.88 Å². The molecule has 2 rings (SSSR count). The molecule has 0 spiro atoms. The zero-order valence-corrected chi connectivity index (χ0v) is 16.1. The summed E-state index contributed by atoms with van der Waals surface area (Å²) in [7, 11) is 0. The topological polar surface area (TPSA) is 59.2 Å². The van der Waals surface area contributed by atoms with Crippen molar-refractivity contribution in [3.8, 4) is 0 Å². The molecule has 1 aromatic rings. The Morgan fingerprint density at radius 2 is 1.91 bits per heavy atom. The summed E-state index contributed by atoms with van der Waals surface area (Å²) in [5, 5.41) is 0. The maximum Gasteiger partial charge on any atom is 0.265 e. The smallest absolute Gasteiger partial charge is 0.265 e. The average molecular weight is 368 g/mol. The molecule has 22 heavy (non-hydrogen) atoms. The van der Waals surface area contributed by atoms with E-state index in [2.05, 4.69) is 32.7 Å². The fourth-order valence-corrected chi connectivity index (χ4v) is 3.67. The number of carbonyl (C=O) groups excluding carboxylic acids is 1. The minimum Gasteiger partial charge on any atom is -0.338 e. The zero-order valence-electron chi connectivity index (χ0n) is 13.7. The third-order valence-electron chi connectivity index (χ3n) is 4.04. The van der Waals surface area contributed by atoms with Gasteiger partial charge in [-0.05, 0) is 25.7 Å². The number of rotatable bonds is 2. The third-order valence-corrected chi connectivity index (χ3v) is 4.86. The van der Waals surface area contributed by atoms with Crippen molar-refractivity contribution in [1.29, 1.82) is 0 Å². The van der Waals surface area contributed by atoms with Gasteiger partial charge in [-0.1, -0.05) is 20.8 Å². The number of likely N-dealkylation sites (tertiary alicyclic amines) is 1. The van der Waals surface area contributed by atoms with Crippen molar-refractivity contribution in [2.75, 3.05) is 13.1 Å². The van der Waals surface area contributed by atoms with Crippen molar-refractivity contribution >= 4 is 42.1 Å². The number of piperidine rings is 1. The van der Waals surface area contributed by atoms with Crippen molar-refractivity contribution in [3.05, 3.63) is 16.1 Å². The lowest BCUT2D eigenvalue weighted by Gasteiger charge is -2.34. The van der Waals surface area contributed by atoms with Crippen molar-refractivity contribution in [3.63, 3.8) is 0 Å². The summed E-state index contributed by atoms with van der Waals surface area (Å²) in [5.41, 5.74) is 8.56. The molecule has 1 aliphatic heterocycles. The predicted molar refractivity (Wildman–Crippen MR) is 97.6 cm³/mol. The van der Waals surface area contributed by atoms with Crippen LogP contribution in [-0.2, 0) is 5.41 Å². The van der Waals surface area contributed by atoms with Gasteiger partial charge in [-0.3, -0.25) is 4.79 Å². The van der Waals surface area contributed by atoms with E-state index in [0.717, 1.165) is 36.5 Å². The molecule has 1 fully saturated rings. The van der Waals surface area contributed by atoms with E-state index in [9.17, 15) is 4.79 Å². The molecule has 7 heteroatoms. The Kier molecular flexibility index (Phi) is 8.34. The standard InChI is InChI=1S/C15H25N3OS.2ClH/c1-10(16)11-5-7-18(8-6-11)14(19)12-13(15(2,3)4)17-9-20-12;;/h9-11H,5-8,16H2,1-4H3;2*1H. The Labute approximate surface area is 149 Å². The van der Waals surface area contributed by atoms with E-state index in [-0.39, 0.29) is 42.2 Å². The maximum atomic E-state index is 12.7. The van der Waals surface area contributed by atoms with E-state index in [1.54, 1.807) is 5.51 Å². The molecule has 1 aromatic heterocycles. The minimum atomic E-state index is -0.0882. The highest BCUT2D eigenvalue weighted by atomic mass is 35.5. The van der Waals surface area contributed by atoms with Gasteiger partial charge in [-0.25, -0.2) is 4.98 Å². The summed E-state index contributed by atoms with van der Waals surface area (Å²) in [5.74, 6) is 0.683. The maximum absolute atomic E-state index is 12.7. The Hall–Kier alpha value is -0.360. The molecule has 0 aromatic carbocycles. The van der Waals surface area contributed by atoms with Gasteiger partial charge < -0.3 is 10.6 Å². The number of carbonyl (C=O) groups is 1. The number of thiazole rings is 1. The van der Waals surface area contributed by atoms with Crippen LogP contribution in [0.3, 0.4) is 0 Å². The van der Waals surface area contributed by atoms with Crippen LogP contribution >= 0.6 is 36.2 Å². The van der Waals surface area contributed by atoms with E-state index >= 15 is 0 Å². The number of nitrogens with zero attached hydrogens (tertiary/aromatic N) is 2. The van der Waals surface area contributed by atoms with Gasteiger partial charge in [-0.2, -0.15) is 0 Å². The lowest BCUT2D eigenvalue weighted by molar-refractivity contribution is 0.0683. The van der Waals surface area contributed by atoms with Gasteiger partial charge in [0.05, 0.1) is 11.2 Å². The molecule has 1 atom stereocenters. The summed E-state index contributed by atoms with van der Waals surface area (Å²) in [6.07, 6.45) is 2.01. The monoisotopic (exact) mass is 367 g/mol. The summed E-state index contributed by atoms with van der Waals surface area (Å²) in [4.78, 5) is 19.8. The molecule has 1 amide bonds. The summed E-state index contributed by atoms with van der Waals surface area (Å²) < 4.78 is 0. The Balaban J connectivity index is 0.00000220. The second-order valence-electron chi connectivity index (χ2n) is 6.77. The fourth-order valence-electron chi connectivity index (χ4n) is 2.70. The number of hydrogen-bond acceptors (Lipinski definition) is 4. The van der Waals surface area contributed by atoms with E-state index < -0.39 is 0 Å². The van der Waals surface area contributed by atoms with Crippen LogP contribution in [0.2, 0.25) is 0 Å². The Bertz CT molecular complexity index is 477. The van der Waals surface area contributed by atoms with Crippen molar-refractivity contribution in [2.24, 2.45) is 11.7 Å². The van der Waals surface area contributed by atoms with Gasteiger partial charge >= 0.3 is 0 Å². The zero-order chi connectivity index (χ0) is 14.9. The van der Waals surface area contributed by atoms with Gasteiger partial charge in [0.15, 0.2) is 0 Å². The van der Waals surface area contributed by atoms with Crippen molar-refractivity contribution in [2.45, 2.75) is 52.0 Å². The molecule has 0 aliphatic carbocycles. The van der Waals surface area contributed by atoms with Crippen LogP contribution in [-0.4, -0.2) is 34.9 Å². The van der Waals surface area contributed by atoms with E-state index in [1.807, 2.05) is 4.90 Å². The number of aromatic nitrogens is 1. The van der Waals surface area contributed by atoms with E-state index in [4.69, 9.17) is 5.73 Å². The van der Waals surface area contributed by atoms with Crippen molar-refractivity contribution < 1.29 is 4.79 Å². The van der Waals surface area contributed by atoms with Crippen LogP contribution in [0.1, 0.15) is 55.9 Å². The first kappa shape index (κ1) is 21.6. The number of nitrogens with two attached hydrogens (primary N) is 1. The number of halogens is 2. The average Bonchev–Trinajstić information content (AvgIpc) is 2.87. The van der Waals surface area contributed by atoms with Gasteiger partial charge in [0.2, 0.25) is 0 Å². The van der Waals surface area contributed by atoms with Crippen LogP contribution in [0.5, 0.6) is 0 Å². The molecule has 2 heterocycles. The molecular weight excluding hydrogens is 341 g/mol. The second kappa shape index (κ2) is 8.48. The second-order valence-corrected chi connectivity index (χ2v) is 7.62. The van der Waals surface area contributed by atoms with Gasteiger partial charge in [-0.15, -0.1) is 36.2 Å². The first-order valence-corrected chi connectivity index (χ1v) is 8.17. The highest BCUT2D eigenvalue weighted by molar-refractivity contribution is 7.11. The van der Waals surface area contributed by atoms with Crippen LogP contribution < -0.4 is 5.73 Å². The Morgan fingerprint density at radius 1 is 1.36 bits per heavy atom. The lowest BCUT2D eigenvalue weighted by atomic mass is 9.89. The molecule has 1 aliphatic rings. The van der Waals surface area contributed by atoms with Crippen LogP contribution in [0.25, 0.3) is 0 Å². The normalized spacial score (nSPS) is 17.4. The summed E-state index contributed by atoms with van der Waals surface area (Å²) in [6, 6.07) is 0.223. The minimum absolute atomic E-state index is 0. The highest BCUT2D eigenvalue weighted by Crippen LogP contribution is 2.29. The first-order valence-electron chi connectivity index (χ1n) is 7.29. The molecule has 2 N–H and O–H groups in total. The molecule has 4 nitrogen and oxygen atoms in total. The Morgan fingerprint density at radius 3 is 2.36 bits per heavy atom. The molecule has 1 unspecified atom stereocenters.